The first-order valence-corrected chi connectivity index (χ1v) is 3.86. The number of hydrogen-bond donors (Lipinski definition) is 3. The first kappa shape index (κ1) is 14.9. The maximum Gasteiger partial charge on any atom is 0.332 e. The normalized spacial score (nSPS) is 12.6. The van der Waals surface area contributed by atoms with E-state index in [2.05, 4.69) is 24.4 Å². The Hall–Kier alpha value is -0.620. The van der Waals surface area contributed by atoms with Gasteiger partial charge in [-0.05, 0) is 12.3 Å². The fourth-order valence-corrected chi connectivity index (χ4v) is 0.802. The SMILES string of the molecule is Br.CC(C)C[C@H](N)C=NNC(N)=O. The first-order chi connectivity index (χ1) is 5.52. The molecule has 0 aliphatic heterocycles. The second-order valence-electron chi connectivity index (χ2n) is 3.05. The minimum atomic E-state index is -0.678. The van der Waals surface area contributed by atoms with Crippen LogP contribution in [0.4, 0.5) is 4.79 Å². The highest BCUT2D eigenvalue weighted by atomic mass is 79.9. The van der Waals surface area contributed by atoms with E-state index < -0.39 is 6.03 Å². The largest absolute Gasteiger partial charge is 0.350 e. The monoisotopic (exact) mass is 252 g/mol. The van der Waals surface area contributed by atoms with E-state index in [-0.39, 0.29) is 23.0 Å². The van der Waals surface area contributed by atoms with Crippen molar-refractivity contribution in [2.75, 3.05) is 0 Å². The molecule has 0 saturated heterocycles. The number of urea groups is 1. The van der Waals surface area contributed by atoms with Crippen LogP contribution in [0.3, 0.4) is 0 Å². The van der Waals surface area contributed by atoms with Crippen molar-refractivity contribution in [3.63, 3.8) is 0 Å². The lowest BCUT2D eigenvalue weighted by molar-refractivity contribution is 0.249. The Labute approximate surface area is 88.7 Å². The molecule has 0 saturated carbocycles. The highest BCUT2D eigenvalue weighted by Gasteiger charge is 2.01. The fraction of sp³-hybridized carbons (Fsp3) is 0.714. The molecule has 0 heterocycles. The second-order valence-corrected chi connectivity index (χ2v) is 3.05. The van der Waals surface area contributed by atoms with E-state index in [1.54, 1.807) is 0 Å². The average molecular weight is 253 g/mol. The van der Waals surface area contributed by atoms with Gasteiger partial charge in [0.15, 0.2) is 0 Å². The molecule has 0 aliphatic rings. The van der Waals surface area contributed by atoms with Crippen molar-refractivity contribution in [2.24, 2.45) is 22.5 Å². The Morgan fingerprint density at radius 3 is 2.54 bits per heavy atom. The Bertz CT molecular complexity index is 172. The van der Waals surface area contributed by atoms with Crippen LogP contribution in [0.2, 0.25) is 0 Å². The Balaban J connectivity index is 0. The van der Waals surface area contributed by atoms with Crippen LogP contribution in [0.5, 0.6) is 0 Å². The minimum Gasteiger partial charge on any atom is -0.350 e. The smallest absolute Gasteiger partial charge is 0.332 e. The van der Waals surface area contributed by atoms with Gasteiger partial charge in [0.1, 0.15) is 0 Å². The van der Waals surface area contributed by atoms with Gasteiger partial charge in [0.2, 0.25) is 0 Å². The number of amides is 2. The number of primary amides is 1. The summed E-state index contributed by atoms with van der Waals surface area (Å²) in [5.41, 5.74) is 12.5. The highest BCUT2D eigenvalue weighted by Crippen LogP contribution is 2.00. The molecule has 5 nitrogen and oxygen atoms in total. The van der Waals surface area contributed by atoms with Crippen LogP contribution in [-0.4, -0.2) is 18.3 Å². The van der Waals surface area contributed by atoms with Crippen LogP contribution in [0.15, 0.2) is 5.10 Å². The third-order valence-corrected chi connectivity index (χ3v) is 1.18. The van der Waals surface area contributed by atoms with Crippen LogP contribution in [0, 0.1) is 5.92 Å². The molecule has 5 N–H and O–H groups in total. The van der Waals surface area contributed by atoms with Gasteiger partial charge in [-0.3, -0.25) is 0 Å². The Kier molecular flexibility index (Phi) is 9.16. The van der Waals surface area contributed by atoms with Gasteiger partial charge in [0, 0.05) is 12.3 Å². The molecular weight excluding hydrogens is 236 g/mol. The van der Waals surface area contributed by atoms with Crippen molar-refractivity contribution in [1.29, 1.82) is 0 Å². The molecule has 1 atom stereocenters. The molecule has 0 fully saturated rings. The molecule has 6 heteroatoms. The molecule has 0 aromatic rings. The summed E-state index contributed by atoms with van der Waals surface area (Å²) in [6.07, 6.45) is 2.31. The number of carbonyl (C=O) groups is 1. The van der Waals surface area contributed by atoms with E-state index >= 15 is 0 Å². The van der Waals surface area contributed by atoms with Crippen LogP contribution < -0.4 is 16.9 Å². The van der Waals surface area contributed by atoms with Gasteiger partial charge in [-0.25, -0.2) is 10.2 Å². The maximum atomic E-state index is 10.2. The zero-order valence-electron chi connectivity index (χ0n) is 7.86. The molecule has 0 unspecified atom stereocenters. The summed E-state index contributed by atoms with van der Waals surface area (Å²) >= 11 is 0. The van der Waals surface area contributed by atoms with Gasteiger partial charge in [0.05, 0.1) is 0 Å². The van der Waals surface area contributed by atoms with E-state index in [1.165, 1.54) is 6.21 Å². The molecule has 0 aromatic carbocycles. The van der Waals surface area contributed by atoms with Gasteiger partial charge < -0.3 is 11.5 Å². The highest BCUT2D eigenvalue weighted by molar-refractivity contribution is 8.93. The number of hydrazone groups is 1. The topological polar surface area (TPSA) is 93.5 Å². The Morgan fingerprint density at radius 2 is 2.15 bits per heavy atom. The van der Waals surface area contributed by atoms with Gasteiger partial charge in [-0.15, -0.1) is 17.0 Å². The number of nitrogens with zero attached hydrogens (tertiary/aromatic N) is 1. The lowest BCUT2D eigenvalue weighted by Gasteiger charge is -2.07. The molecular formula is C7H17BrN4O. The van der Waals surface area contributed by atoms with E-state index in [1.807, 2.05) is 0 Å². The predicted molar refractivity (Wildman–Crippen MR) is 59.0 cm³/mol. The predicted octanol–water partition coefficient (Wildman–Crippen LogP) is 0.592. The number of hydrogen-bond acceptors (Lipinski definition) is 3. The minimum absolute atomic E-state index is 0. The van der Waals surface area contributed by atoms with Gasteiger partial charge in [-0.1, -0.05) is 13.8 Å². The molecule has 78 valence electrons. The number of halogens is 1. The zero-order valence-corrected chi connectivity index (χ0v) is 9.57. The third-order valence-electron chi connectivity index (χ3n) is 1.18. The lowest BCUT2D eigenvalue weighted by Crippen LogP contribution is -2.28. The lowest BCUT2D eigenvalue weighted by atomic mass is 10.1. The van der Waals surface area contributed by atoms with E-state index in [9.17, 15) is 4.79 Å². The van der Waals surface area contributed by atoms with Crippen LogP contribution in [-0.2, 0) is 0 Å². The summed E-state index contributed by atoms with van der Waals surface area (Å²) in [5, 5.41) is 3.55. The van der Waals surface area contributed by atoms with E-state index in [0.717, 1.165) is 6.42 Å². The fourth-order valence-electron chi connectivity index (χ4n) is 0.802. The molecule has 0 rings (SSSR count). The van der Waals surface area contributed by atoms with Crippen molar-refractivity contribution in [3.05, 3.63) is 0 Å². The van der Waals surface area contributed by atoms with Crippen molar-refractivity contribution in [3.8, 4) is 0 Å². The van der Waals surface area contributed by atoms with Crippen molar-refractivity contribution in [1.82, 2.24) is 5.43 Å². The molecule has 0 bridgehead atoms. The summed E-state index contributed by atoms with van der Waals surface area (Å²) in [6, 6.07) is -0.806. The van der Waals surface area contributed by atoms with Crippen LogP contribution in [0.1, 0.15) is 20.3 Å². The number of nitrogens with one attached hydrogen (secondary N) is 1. The maximum absolute atomic E-state index is 10.2. The number of nitrogens with two attached hydrogens (primary N) is 2. The molecule has 0 aliphatic carbocycles. The molecule has 13 heavy (non-hydrogen) atoms. The quantitative estimate of drug-likeness (QED) is 0.505. The van der Waals surface area contributed by atoms with Gasteiger partial charge in [-0.2, -0.15) is 5.10 Å². The summed E-state index contributed by atoms with van der Waals surface area (Å²) < 4.78 is 0. The average Bonchev–Trinajstić information content (AvgIpc) is 1.84. The van der Waals surface area contributed by atoms with E-state index in [4.69, 9.17) is 11.5 Å². The summed E-state index contributed by atoms with van der Waals surface area (Å²) in [6.45, 7) is 4.13. The standard InChI is InChI=1S/C7H16N4O.BrH/c1-5(2)3-6(8)4-10-11-7(9)12;/h4-6H,3,8H2,1-2H3,(H3,9,11,12);1H/t6-;/m0./s1. The third kappa shape index (κ3) is 11.4. The summed E-state index contributed by atoms with van der Waals surface area (Å²) in [5.74, 6) is 0.514. The number of rotatable bonds is 4. The van der Waals surface area contributed by atoms with Crippen molar-refractivity contribution in [2.45, 2.75) is 26.3 Å². The molecule has 0 aromatic heterocycles. The van der Waals surface area contributed by atoms with Crippen LogP contribution >= 0.6 is 17.0 Å². The van der Waals surface area contributed by atoms with Crippen LogP contribution in [0.25, 0.3) is 0 Å². The molecule has 2 amide bonds. The molecule has 0 radical (unpaired) electrons. The second kappa shape index (κ2) is 8.00. The van der Waals surface area contributed by atoms with Crippen molar-refractivity contribution < 1.29 is 4.79 Å². The summed E-state index contributed by atoms with van der Waals surface area (Å²) in [7, 11) is 0. The molecule has 0 spiro atoms. The summed E-state index contributed by atoms with van der Waals surface area (Å²) in [4.78, 5) is 10.2. The zero-order chi connectivity index (χ0) is 9.56. The van der Waals surface area contributed by atoms with Gasteiger partial charge >= 0.3 is 6.03 Å². The first-order valence-electron chi connectivity index (χ1n) is 3.86. The van der Waals surface area contributed by atoms with E-state index in [0.29, 0.717) is 5.92 Å². The van der Waals surface area contributed by atoms with Crippen molar-refractivity contribution >= 4 is 29.2 Å². The number of carbonyl (C=O) groups excluding carboxylic acids is 1. The Morgan fingerprint density at radius 1 is 1.62 bits per heavy atom. The van der Waals surface area contributed by atoms with Gasteiger partial charge in [0.25, 0.3) is 0 Å².